The van der Waals surface area contributed by atoms with Gasteiger partial charge in [0, 0.05) is 5.39 Å². The highest BCUT2D eigenvalue weighted by Gasteiger charge is 2.18. The number of nitrogens with two attached hydrogens (primary N) is 1. The maximum atomic E-state index is 13.4. The standard InChI is InChI=1S/C12H13F2NO/c1-6(2)11(15)9-5-7-3-4-8(13)10(14)12(7)16-9/h3-6,11H,15H2,1-2H3. The second kappa shape index (κ2) is 3.87. The number of halogens is 2. The van der Waals surface area contributed by atoms with Gasteiger partial charge in [-0.3, -0.25) is 0 Å². The van der Waals surface area contributed by atoms with Crippen LogP contribution in [0.5, 0.6) is 0 Å². The van der Waals surface area contributed by atoms with Crippen LogP contribution in [-0.2, 0) is 0 Å². The van der Waals surface area contributed by atoms with Gasteiger partial charge in [-0.05, 0) is 24.1 Å². The van der Waals surface area contributed by atoms with E-state index in [-0.39, 0.29) is 17.5 Å². The van der Waals surface area contributed by atoms with Crippen LogP contribution in [-0.4, -0.2) is 0 Å². The van der Waals surface area contributed by atoms with E-state index in [1.54, 1.807) is 6.07 Å². The molecule has 1 unspecified atom stereocenters. The minimum Gasteiger partial charge on any atom is -0.456 e. The fourth-order valence-electron chi connectivity index (χ4n) is 1.56. The number of fused-ring (bicyclic) bond motifs is 1. The maximum absolute atomic E-state index is 13.4. The zero-order valence-corrected chi connectivity index (χ0v) is 9.13. The molecule has 1 aromatic heterocycles. The Morgan fingerprint density at radius 2 is 1.94 bits per heavy atom. The molecule has 0 saturated heterocycles. The van der Waals surface area contributed by atoms with Gasteiger partial charge in [0.15, 0.2) is 11.4 Å². The first-order valence-electron chi connectivity index (χ1n) is 5.13. The number of hydrogen-bond acceptors (Lipinski definition) is 2. The Labute approximate surface area is 92.0 Å². The van der Waals surface area contributed by atoms with E-state index in [9.17, 15) is 8.78 Å². The van der Waals surface area contributed by atoms with Crippen molar-refractivity contribution < 1.29 is 13.2 Å². The molecule has 2 N–H and O–H groups in total. The van der Waals surface area contributed by atoms with Gasteiger partial charge < -0.3 is 10.2 Å². The summed E-state index contributed by atoms with van der Waals surface area (Å²) in [5.41, 5.74) is 5.82. The molecule has 2 rings (SSSR count). The summed E-state index contributed by atoms with van der Waals surface area (Å²) in [5.74, 6) is -1.21. The summed E-state index contributed by atoms with van der Waals surface area (Å²) in [5, 5.41) is 0.532. The first-order chi connectivity index (χ1) is 7.50. The lowest BCUT2D eigenvalue weighted by molar-refractivity contribution is 0.408. The van der Waals surface area contributed by atoms with E-state index in [0.717, 1.165) is 6.07 Å². The summed E-state index contributed by atoms with van der Waals surface area (Å²) in [6.07, 6.45) is 0. The lowest BCUT2D eigenvalue weighted by Crippen LogP contribution is -2.15. The molecule has 1 aromatic carbocycles. The smallest absolute Gasteiger partial charge is 0.201 e. The Balaban J connectivity index is 2.56. The molecule has 1 atom stereocenters. The Morgan fingerprint density at radius 3 is 2.56 bits per heavy atom. The zero-order chi connectivity index (χ0) is 11.9. The Morgan fingerprint density at radius 1 is 1.25 bits per heavy atom. The number of benzene rings is 1. The van der Waals surface area contributed by atoms with Gasteiger partial charge in [-0.2, -0.15) is 4.39 Å². The second-order valence-corrected chi connectivity index (χ2v) is 4.20. The molecule has 86 valence electrons. The normalized spacial score (nSPS) is 13.6. The highest BCUT2D eigenvalue weighted by Crippen LogP contribution is 2.29. The topological polar surface area (TPSA) is 39.2 Å². The molecule has 0 amide bonds. The predicted octanol–water partition coefficient (Wildman–Crippen LogP) is 3.37. The van der Waals surface area contributed by atoms with Crippen LogP contribution in [0.25, 0.3) is 11.0 Å². The largest absolute Gasteiger partial charge is 0.456 e. The van der Waals surface area contributed by atoms with Gasteiger partial charge in [-0.1, -0.05) is 13.8 Å². The third-order valence-corrected chi connectivity index (χ3v) is 2.64. The second-order valence-electron chi connectivity index (χ2n) is 4.20. The summed E-state index contributed by atoms with van der Waals surface area (Å²) in [6.45, 7) is 3.88. The van der Waals surface area contributed by atoms with Crippen LogP contribution in [0.3, 0.4) is 0 Å². The van der Waals surface area contributed by atoms with E-state index >= 15 is 0 Å². The molecular formula is C12H13F2NO. The van der Waals surface area contributed by atoms with Crippen LogP contribution in [0.15, 0.2) is 22.6 Å². The molecule has 0 radical (unpaired) electrons. The molecule has 2 aromatic rings. The molecule has 0 aliphatic carbocycles. The van der Waals surface area contributed by atoms with Crippen molar-refractivity contribution in [2.24, 2.45) is 11.7 Å². The van der Waals surface area contributed by atoms with Gasteiger partial charge in [0.2, 0.25) is 5.82 Å². The van der Waals surface area contributed by atoms with E-state index in [1.165, 1.54) is 6.07 Å². The summed E-state index contributed by atoms with van der Waals surface area (Å²) in [6, 6.07) is 3.91. The van der Waals surface area contributed by atoms with E-state index < -0.39 is 11.6 Å². The Hall–Kier alpha value is -1.42. The molecule has 0 spiro atoms. The number of furan rings is 1. The van der Waals surface area contributed by atoms with Crippen LogP contribution in [0.4, 0.5) is 8.78 Å². The van der Waals surface area contributed by atoms with Crippen molar-refractivity contribution in [1.82, 2.24) is 0 Å². The summed E-state index contributed by atoms with van der Waals surface area (Å²) in [7, 11) is 0. The van der Waals surface area contributed by atoms with Gasteiger partial charge in [-0.15, -0.1) is 0 Å². The van der Waals surface area contributed by atoms with Crippen molar-refractivity contribution in [2.45, 2.75) is 19.9 Å². The van der Waals surface area contributed by atoms with E-state index in [4.69, 9.17) is 10.2 Å². The van der Waals surface area contributed by atoms with Crippen molar-refractivity contribution in [3.63, 3.8) is 0 Å². The van der Waals surface area contributed by atoms with Gasteiger partial charge in [0.25, 0.3) is 0 Å². The summed E-state index contributed by atoms with van der Waals surface area (Å²) in [4.78, 5) is 0. The molecule has 4 heteroatoms. The van der Waals surface area contributed by atoms with Gasteiger partial charge in [0.1, 0.15) is 5.76 Å². The Bertz CT molecular complexity index is 519. The highest BCUT2D eigenvalue weighted by atomic mass is 19.2. The molecule has 1 heterocycles. The van der Waals surface area contributed by atoms with Crippen molar-refractivity contribution in [3.8, 4) is 0 Å². The quantitative estimate of drug-likeness (QED) is 0.851. The predicted molar refractivity (Wildman–Crippen MR) is 57.9 cm³/mol. The van der Waals surface area contributed by atoms with E-state index in [0.29, 0.717) is 11.1 Å². The van der Waals surface area contributed by atoms with Gasteiger partial charge in [-0.25, -0.2) is 4.39 Å². The van der Waals surface area contributed by atoms with E-state index in [2.05, 4.69) is 0 Å². The average Bonchev–Trinajstić information content (AvgIpc) is 2.67. The van der Waals surface area contributed by atoms with Crippen LogP contribution < -0.4 is 5.73 Å². The minimum absolute atomic E-state index is 0.0638. The minimum atomic E-state index is -0.959. The van der Waals surface area contributed by atoms with Crippen LogP contribution >= 0.6 is 0 Å². The number of rotatable bonds is 2. The maximum Gasteiger partial charge on any atom is 0.201 e. The van der Waals surface area contributed by atoms with Crippen LogP contribution in [0.2, 0.25) is 0 Å². The molecule has 16 heavy (non-hydrogen) atoms. The van der Waals surface area contributed by atoms with Gasteiger partial charge in [0.05, 0.1) is 6.04 Å². The molecule has 0 saturated carbocycles. The van der Waals surface area contributed by atoms with Crippen LogP contribution in [0, 0.1) is 17.6 Å². The fourth-order valence-corrected chi connectivity index (χ4v) is 1.56. The molecule has 2 nitrogen and oxygen atoms in total. The fraction of sp³-hybridized carbons (Fsp3) is 0.333. The van der Waals surface area contributed by atoms with Crippen molar-refractivity contribution in [1.29, 1.82) is 0 Å². The van der Waals surface area contributed by atoms with Crippen molar-refractivity contribution in [3.05, 3.63) is 35.6 Å². The van der Waals surface area contributed by atoms with Crippen molar-refractivity contribution >= 4 is 11.0 Å². The van der Waals surface area contributed by atoms with Gasteiger partial charge >= 0.3 is 0 Å². The average molecular weight is 225 g/mol. The monoisotopic (exact) mass is 225 g/mol. The van der Waals surface area contributed by atoms with E-state index in [1.807, 2.05) is 13.8 Å². The SMILES string of the molecule is CC(C)C(N)c1cc2ccc(F)c(F)c2o1. The van der Waals surface area contributed by atoms with Crippen molar-refractivity contribution in [2.75, 3.05) is 0 Å². The first-order valence-corrected chi connectivity index (χ1v) is 5.13. The molecule has 0 aliphatic heterocycles. The third kappa shape index (κ3) is 1.69. The molecule has 0 bridgehead atoms. The lowest BCUT2D eigenvalue weighted by atomic mass is 10.0. The number of hydrogen-bond donors (Lipinski definition) is 1. The third-order valence-electron chi connectivity index (χ3n) is 2.64. The van der Waals surface area contributed by atoms with Crippen LogP contribution in [0.1, 0.15) is 25.6 Å². The summed E-state index contributed by atoms with van der Waals surface area (Å²) >= 11 is 0. The first kappa shape index (κ1) is 11.1. The molecular weight excluding hydrogens is 212 g/mol. The molecule has 0 fully saturated rings. The summed E-state index contributed by atoms with van der Waals surface area (Å²) < 4.78 is 31.6. The molecule has 0 aliphatic rings. The highest BCUT2D eigenvalue weighted by molar-refractivity contribution is 5.78. The Kier molecular flexibility index (Phi) is 2.68. The lowest BCUT2D eigenvalue weighted by Gasteiger charge is -2.11. The zero-order valence-electron chi connectivity index (χ0n) is 9.13.